The summed E-state index contributed by atoms with van der Waals surface area (Å²) in [5.74, 6) is 1.14. The summed E-state index contributed by atoms with van der Waals surface area (Å²) in [6, 6.07) is 14.2. The summed E-state index contributed by atoms with van der Waals surface area (Å²) < 4.78 is 10.9. The van der Waals surface area contributed by atoms with Crippen molar-refractivity contribution in [3.8, 4) is 5.75 Å². The van der Waals surface area contributed by atoms with Crippen LogP contribution in [0.4, 0.5) is 0 Å². The lowest BCUT2D eigenvalue weighted by molar-refractivity contribution is -0.134. The first-order valence-electron chi connectivity index (χ1n) is 7.75. The highest BCUT2D eigenvalue weighted by Crippen LogP contribution is 2.16. The summed E-state index contributed by atoms with van der Waals surface area (Å²) in [6.07, 6.45) is 2.36. The summed E-state index contributed by atoms with van der Waals surface area (Å²) in [7, 11) is 0. The van der Waals surface area contributed by atoms with Gasteiger partial charge in [0.2, 0.25) is 0 Å². The number of nitrogens with zero attached hydrogens (tertiary/aromatic N) is 1. The maximum Gasteiger partial charge on any atom is 0.261 e. The number of hydrogen-bond acceptors (Lipinski definition) is 5. The molecule has 5 nitrogen and oxygen atoms in total. The maximum atomic E-state index is 12.6. The van der Waals surface area contributed by atoms with E-state index in [4.69, 9.17) is 9.15 Å². The van der Waals surface area contributed by atoms with Crippen LogP contribution in [0, 0.1) is 0 Å². The SMILES string of the molecule is O=Cc1ccc(OCC(=O)N(Cc2ccco2)Cc2cccs2)cc1. The second kappa shape index (κ2) is 8.30. The standard InChI is InChI=1S/C19H17NO4S/c21-13-15-5-7-16(8-6-15)24-14-19(22)20(11-17-3-1-9-23-17)12-18-4-2-10-25-18/h1-10,13H,11-12,14H2. The quantitative estimate of drug-likeness (QED) is 0.577. The third-order valence-corrected chi connectivity index (χ3v) is 4.45. The summed E-state index contributed by atoms with van der Waals surface area (Å²) >= 11 is 1.60. The molecule has 1 amide bonds. The number of ether oxygens (including phenoxy) is 1. The number of rotatable bonds is 8. The van der Waals surface area contributed by atoms with Crippen LogP contribution in [-0.2, 0) is 17.9 Å². The van der Waals surface area contributed by atoms with Crippen LogP contribution in [0.2, 0.25) is 0 Å². The Morgan fingerprint density at radius 2 is 1.96 bits per heavy atom. The molecule has 0 spiro atoms. The predicted octanol–water partition coefficient (Wildman–Crippen LogP) is 3.76. The minimum Gasteiger partial charge on any atom is -0.484 e. The fourth-order valence-corrected chi connectivity index (χ4v) is 3.01. The van der Waals surface area contributed by atoms with Crippen molar-refractivity contribution in [1.82, 2.24) is 4.90 Å². The molecular weight excluding hydrogens is 338 g/mol. The van der Waals surface area contributed by atoms with Gasteiger partial charge in [0.25, 0.3) is 5.91 Å². The van der Waals surface area contributed by atoms with Gasteiger partial charge in [0.15, 0.2) is 6.61 Å². The van der Waals surface area contributed by atoms with Crippen molar-refractivity contribution in [1.29, 1.82) is 0 Å². The molecule has 2 heterocycles. The first kappa shape index (κ1) is 17.0. The van der Waals surface area contributed by atoms with E-state index in [1.807, 2.05) is 23.6 Å². The van der Waals surface area contributed by atoms with Crippen LogP contribution in [0.25, 0.3) is 0 Å². The Morgan fingerprint density at radius 1 is 1.12 bits per heavy atom. The zero-order chi connectivity index (χ0) is 17.5. The van der Waals surface area contributed by atoms with E-state index in [9.17, 15) is 9.59 Å². The largest absolute Gasteiger partial charge is 0.484 e. The Balaban J connectivity index is 1.63. The molecule has 0 unspecified atom stereocenters. The molecule has 0 fully saturated rings. The van der Waals surface area contributed by atoms with Crippen LogP contribution >= 0.6 is 11.3 Å². The highest BCUT2D eigenvalue weighted by molar-refractivity contribution is 7.09. The van der Waals surface area contributed by atoms with Crippen molar-refractivity contribution >= 4 is 23.5 Å². The van der Waals surface area contributed by atoms with E-state index in [0.717, 1.165) is 16.9 Å². The third kappa shape index (κ3) is 4.81. The van der Waals surface area contributed by atoms with Crippen LogP contribution in [0.1, 0.15) is 21.0 Å². The topological polar surface area (TPSA) is 59.8 Å². The van der Waals surface area contributed by atoms with Crippen LogP contribution < -0.4 is 4.74 Å². The molecular formula is C19H17NO4S. The van der Waals surface area contributed by atoms with Crippen molar-refractivity contribution in [2.75, 3.05) is 6.61 Å². The molecule has 0 N–H and O–H groups in total. The molecule has 2 aromatic heterocycles. The average molecular weight is 355 g/mol. The Morgan fingerprint density at radius 3 is 2.60 bits per heavy atom. The predicted molar refractivity (Wildman–Crippen MR) is 94.6 cm³/mol. The van der Waals surface area contributed by atoms with Gasteiger partial charge in [0.05, 0.1) is 19.4 Å². The van der Waals surface area contributed by atoms with Crippen molar-refractivity contribution in [2.24, 2.45) is 0 Å². The van der Waals surface area contributed by atoms with Crippen LogP contribution in [0.3, 0.4) is 0 Å². The lowest BCUT2D eigenvalue weighted by Gasteiger charge is -2.21. The zero-order valence-corrected chi connectivity index (χ0v) is 14.3. The number of furan rings is 1. The van der Waals surface area contributed by atoms with Crippen molar-refractivity contribution in [2.45, 2.75) is 13.1 Å². The lowest BCUT2D eigenvalue weighted by Crippen LogP contribution is -2.33. The minimum absolute atomic E-state index is 0.0769. The monoisotopic (exact) mass is 355 g/mol. The van der Waals surface area contributed by atoms with Gasteiger partial charge in [0, 0.05) is 10.4 Å². The van der Waals surface area contributed by atoms with Gasteiger partial charge in [0.1, 0.15) is 17.8 Å². The molecule has 1 aromatic carbocycles. The number of carbonyl (C=O) groups excluding carboxylic acids is 2. The van der Waals surface area contributed by atoms with Gasteiger partial charge in [-0.05, 0) is 47.8 Å². The van der Waals surface area contributed by atoms with Gasteiger partial charge >= 0.3 is 0 Å². The summed E-state index contributed by atoms with van der Waals surface area (Å²) in [4.78, 5) is 26.1. The molecule has 0 aliphatic rings. The fourth-order valence-electron chi connectivity index (χ4n) is 2.29. The first-order chi connectivity index (χ1) is 12.2. The second-order valence-electron chi connectivity index (χ2n) is 5.38. The number of carbonyl (C=O) groups is 2. The van der Waals surface area contributed by atoms with Crippen molar-refractivity contribution < 1.29 is 18.7 Å². The van der Waals surface area contributed by atoms with Gasteiger partial charge in [-0.2, -0.15) is 0 Å². The second-order valence-corrected chi connectivity index (χ2v) is 6.42. The number of benzene rings is 1. The van der Waals surface area contributed by atoms with E-state index >= 15 is 0 Å². The highest BCUT2D eigenvalue weighted by atomic mass is 32.1. The molecule has 25 heavy (non-hydrogen) atoms. The van der Waals surface area contributed by atoms with E-state index < -0.39 is 0 Å². The molecule has 6 heteroatoms. The van der Waals surface area contributed by atoms with Crippen molar-refractivity contribution in [3.63, 3.8) is 0 Å². The summed E-state index contributed by atoms with van der Waals surface area (Å²) in [5.41, 5.74) is 0.566. The number of aldehydes is 1. The summed E-state index contributed by atoms with van der Waals surface area (Å²) in [6.45, 7) is 0.814. The molecule has 0 saturated heterocycles. The van der Waals surface area contributed by atoms with E-state index in [2.05, 4.69) is 0 Å². The van der Waals surface area contributed by atoms with E-state index in [1.54, 1.807) is 52.8 Å². The lowest BCUT2D eigenvalue weighted by atomic mass is 10.2. The molecule has 0 bridgehead atoms. The Kier molecular flexibility index (Phi) is 5.64. The Hall–Kier alpha value is -2.86. The molecule has 128 valence electrons. The smallest absolute Gasteiger partial charge is 0.261 e. The molecule has 0 saturated carbocycles. The molecule has 0 aliphatic carbocycles. The molecule has 3 aromatic rings. The molecule has 3 rings (SSSR count). The molecule has 0 radical (unpaired) electrons. The van der Waals surface area contributed by atoms with E-state index in [-0.39, 0.29) is 12.5 Å². The number of amides is 1. The van der Waals surface area contributed by atoms with Gasteiger partial charge in [-0.1, -0.05) is 6.07 Å². The number of hydrogen-bond donors (Lipinski definition) is 0. The normalized spacial score (nSPS) is 10.4. The Labute approximate surface area is 149 Å². The van der Waals surface area contributed by atoms with E-state index in [1.165, 1.54) is 0 Å². The van der Waals surface area contributed by atoms with Crippen molar-refractivity contribution in [3.05, 3.63) is 76.4 Å². The zero-order valence-electron chi connectivity index (χ0n) is 13.5. The van der Waals surface area contributed by atoms with E-state index in [0.29, 0.717) is 24.4 Å². The van der Waals surface area contributed by atoms with Gasteiger partial charge in [-0.3, -0.25) is 9.59 Å². The Bertz CT molecular complexity index is 758. The fraction of sp³-hybridized carbons (Fsp3) is 0.158. The maximum absolute atomic E-state index is 12.6. The first-order valence-corrected chi connectivity index (χ1v) is 8.63. The van der Waals surface area contributed by atoms with Crippen LogP contribution in [0.5, 0.6) is 5.75 Å². The highest BCUT2D eigenvalue weighted by Gasteiger charge is 2.17. The van der Waals surface area contributed by atoms with Gasteiger partial charge in [-0.25, -0.2) is 0 Å². The van der Waals surface area contributed by atoms with Gasteiger partial charge < -0.3 is 14.1 Å². The van der Waals surface area contributed by atoms with Crippen LogP contribution in [-0.4, -0.2) is 23.7 Å². The van der Waals surface area contributed by atoms with Gasteiger partial charge in [-0.15, -0.1) is 11.3 Å². The number of thiophene rings is 1. The minimum atomic E-state index is -0.135. The average Bonchev–Trinajstić information content (AvgIpc) is 3.33. The molecule has 0 atom stereocenters. The molecule has 0 aliphatic heterocycles. The summed E-state index contributed by atoms with van der Waals surface area (Å²) in [5, 5.41) is 1.98. The van der Waals surface area contributed by atoms with Crippen LogP contribution in [0.15, 0.2) is 64.6 Å². The third-order valence-electron chi connectivity index (χ3n) is 3.58.